The molecule has 1 aromatic rings. The average Bonchev–Trinajstić information content (AvgIpc) is 2.79. The first-order valence-corrected chi connectivity index (χ1v) is 7.91. The van der Waals surface area contributed by atoms with E-state index in [0.717, 1.165) is 13.1 Å². The van der Waals surface area contributed by atoms with Gasteiger partial charge in [0.25, 0.3) is 0 Å². The number of hydrogen-bond donors (Lipinski definition) is 1. The van der Waals surface area contributed by atoms with Gasteiger partial charge in [0.2, 0.25) is 0 Å². The topological polar surface area (TPSA) is 38.5 Å². The summed E-state index contributed by atoms with van der Waals surface area (Å²) >= 11 is 0. The summed E-state index contributed by atoms with van der Waals surface area (Å²) in [5, 5.41) is 0. The Labute approximate surface area is 122 Å². The van der Waals surface area contributed by atoms with E-state index in [9.17, 15) is 0 Å². The highest BCUT2D eigenvalue weighted by atomic mass is 16.5. The fourth-order valence-corrected chi connectivity index (χ4v) is 3.42. The van der Waals surface area contributed by atoms with Crippen LogP contribution in [0.2, 0.25) is 0 Å². The number of hydrogen-bond acceptors (Lipinski definition) is 3. The molecule has 0 aromatic heterocycles. The Balaban J connectivity index is 1.74. The lowest BCUT2D eigenvalue weighted by molar-refractivity contribution is 0.0128. The van der Waals surface area contributed by atoms with E-state index in [4.69, 9.17) is 10.5 Å². The maximum atomic E-state index is 6.23. The first kappa shape index (κ1) is 13.9. The second-order valence-electron chi connectivity index (χ2n) is 6.45. The maximum Gasteiger partial charge on any atom is 0.0921 e. The average molecular weight is 274 g/mol. The highest BCUT2D eigenvalue weighted by molar-refractivity contribution is 5.53. The first-order chi connectivity index (χ1) is 9.63. The third-order valence-electron chi connectivity index (χ3n) is 4.45. The monoisotopic (exact) mass is 274 g/mol. The van der Waals surface area contributed by atoms with E-state index in [2.05, 4.69) is 36.9 Å². The van der Waals surface area contributed by atoms with Crippen molar-refractivity contribution in [3.05, 3.63) is 29.3 Å². The van der Waals surface area contributed by atoms with E-state index in [-0.39, 0.29) is 18.2 Å². The molecule has 1 aliphatic heterocycles. The number of nitrogens with zero attached hydrogens (tertiary/aromatic N) is 1. The van der Waals surface area contributed by atoms with Gasteiger partial charge < -0.3 is 15.4 Å². The van der Waals surface area contributed by atoms with Crippen molar-refractivity contribution in [2.45, 2.75) is 57.8 Å². The Morgan fingerprint density at radius 3 is 2.65 bits per heavy atom. The van der Waals surface area contributed by atoms with Crippen LogP contribution in [-0.4, -0.2) is 31.3 Å². The molecule has 0 saturated carbocycles. The van der Waals surface area contributed by atoms with Crippen LogP contribution in [0, 0.1) is 0 Å². The summed E-state index contributed by atoms with van der Waals surface area (Å²) in [6.45, 7) is 5.97. The molecule has 1 saturated heterocycles. The quantitative estimate of drug-likeness (QED) is 0.920. The molecule has 110 valence electrons. The molecule has 1 fully saturated rings. The van der Waals surface area contributed by atoms with Gasteiger partial charge in [0, 0.05) is 18.8 Å². The molecule has 0 spiro atoms. The van der Waals surface area contributed by atoms with Gasteiger partial charge in [-0.1, -0.05) is 6.07 Å². The van der Waals surface area contributed by atoms with Crippen molar-refractivity contribution in [1.29, 1.82) is 0 Å². The number of benzene rings is 1. The predicted molar refractivity (Wildman–Crippen MR) is 83.3 cm³/mol. The Hall–Kier alpha value is -1.06. The minimum Gasteiger partial charge on any atom is -0.372 e. The number of anilines is 1. The summed E-state index contributed by atoms with van der Waals surface area (Å²) in [6.07, 6.45) is 5.55. The number of ether oxygens (including phenoxy) is 1. The van der Waals surface area contributed by atoms with Gasteiger partial charge in [0.15, 0.2) is 0 Å². The smallest absolute Gasteiger partial charge is 0.0921 e. The van der Waals surface area contributed by atoms with Crippen molar-refractivity contribution < 1.29 is 4.74 Å². The summed E-state index contributed by atoms with van der Waals surface area (Å²) in [7, 11) is 0. The third-order valence-corrected chi connectivity index (χ3v) is 4.45. The zero-order valence-corrected chi connectivity index (χ0v) is 12.6. The van der Waals surface area contributed by atoms with E-state index in [1.54, 1.807) is 5.56 Å². The van der Waals surface area contributed by atoms with Crippen LogP contribution in [0.25, 0.3) is 0 Å². The second-order valence-corrected chi connectivity index (χ2v) is 6.45. The summed E-state index contributed by atoms with van der Waals surface area (Å²) in [5.74, 6) is 0. The van der Waals surface area contributed by atoms with Crippen LogP contribution >= 0.6 is 0 Å². The second kappa shape index (κ2) is 5.74. The number of rotatable bonds is 3. The number of nitrogens with two attached hydrogens (primary N) is 1. The Bertz CT molecular complexity index is 472. The molecule has 3 heteroatoms. The lowest BCUT2D eigenvalue weighted by atomic mass is 9.91. The Kier molecular flexibility index (Phi) is 3.99. The Morgan fingerprint density at radius 1 is 1.15 bits per heavy atom. The van der Waals surface area contributed by atoms with E-state index in [1.807, 2.05) is 0 Å². The fraction of sp³-hybridized carbons (Fsp3) is 0.647. The zero-order valence-electron chi connectivity index (χ0n) is 12.6. The molecule has 3 nitrogen and oxygen atoms in total. The van der Waals surface area contributed by atoms with Gasteiger partial charge in [-0.2, -0.15) is 0 Å². The van der Waals surface area contributed by atoms with E-state index < -0.39 is 0 Å². The molecule has 0 bridgehead atoms. The van der Waals surface area contributed by atoms with Crippen LogP contribution in [0.1, 0.15) is 37.8 Å². The van der Waals surface area contributed by atoms with Crippen LogP contribution in [0.3, 0.4) is 0 Å². The summed E-state index contributed by atoms with van der Waals surface area (Å²) < 4.78 is 5.92. The van der Waals surface area contributed by atoms with Crippen LogP contribution in [-0.2, 0) is 17.6 Å². The lowest BCUT2D eigenvalue weighted by Gasteiger charge is -2.23. The molecule has 1 aromatic carbocycles. The molecule has 0 radical (unpaired) electrons. The third kappa shape index (κ3) is 2.84. The van der Waals surface area contributed by atoms with Crippen molar-refractivity contribution in [2.24, 2.45) is 5.73 Å². The van der Waals surface area contributed by atoms with Crippen molar-refractivity contribution in [1.82, 2.24) is 0 Å². The normalized spacial score (nSPS) is 26.1. The molecule has 1 aliphatic carbocycles. The maximum absolute atomic E-state index is 6.23. The van der Waals surface area contributed by atoms with Gasteiger partial charge in [0.05, 0.1) is 18.2 Å². The molecular formula is C17H26N2O. The van der Waals surface area contributed by atoms with Crippen LogP contribution < -0.4 is 10.6 Å². The highest BCUT2D eigenvalue weighted by Crippen LogP contribution is 2.28. The molecule has 2 N–H and O–H groups in total. The van der Waals surface area contributed by atoms with Gasteiger partial charge in [-0.15, -0.1) is 0 Å². The van der Waals surface area contributed by atoms with Crippen molar-refractivity contribution in [3.63, 3.8) is 0 Å². The molecule has 3 rings (SSSR count). The van der Waals surface area contributed by atoms with Gasteiger partial charge in [0.1, 0.15) is 0 Å². The summed E-state index contributed by atoms with van der Waals surface area (Å²) in [4.78, 5) is 2.38. The molecule has 2 atom stereocenters. The minimum absolute atomic E-state index is 0.119. The van der Waals surface area contributed by atoms with Gasteiger partial charge >= 0.3 is 0 Å². The standard InChI is InChI=1S/C17H26N2O/c1-12(2)20-17-11-19(10-16(17)18)15-8-7-13-5-3-4-6-14(13)9-15/h7-9,12,16-17H,3-6,10-11,18H2,1-2H3/t16-,17-/m0/s1. The first-order valence-electron chi connectivity index (χ1n) is 7.91. The minimum atomic E-state index is 0.119. The van der Waals surface area contributed by atoms with Gasteiger partial charge in [-0.3, -0.25) is 0 Å². The van der Waals surface area contributed by atoms with Gasteiger partial charge in [-0.05, 0) is 62.8 Å². The van der Waals surface area contributed by atoms with Crippen LogP contribution in [0.15, 0.2) is 18.2 Å². The SMILES string of the molecule is CC(C)O[C@H]1CN(c2ccc3c(c2)CCCC3)C[C@@H]1N. The highest BCUT2D eigenvalue weighted by Gasteiger charge is 2.31. The Morgan fingerprint density at radius 2 is 1.90 bits per heavy atom. The number of fused-ring (bicyclic) bond motifs is 1. The van der Waals surface area contributed by atoms with Crippen molar-refractivity contribution >= 4 is 5.69 Å². The van der Waals surface area contributed by atoms with Crippen LogP contribution in [0.5, 0.6) is 0 Å². The van der Waals surface area contributed by atoms with Gasteiger partial charge in [-0.25, -0.2) is 0 Å². The van der Waals surface area contributed by atoms with Crippen molar-refractivity contribution in [3.8, 4) is 0 Å². The molecule has 1 heterocycles. The number of aryl methyl sites for hydroxylation is 2. The summed E-state index contributed by atoms with van der Waals surface area (Å²) in [5.41, 5.74) is 10.6. The largest absolute Gasteiger partial charge is 0.372 e. The zero-order chi connectivity index (χ0) is 14.1. The molecule has 2 aliphatic rings. The van der Waals surface area contributed by atoms with Crippen molar-refractivity contribution in [2.75, 3.05) is 18.0 Å². The van der Waals surface area contributed by atoms with E-state index >= 15 is 0 Å². The van der Waals surface area contributed by atoms with E-state index in [0.29, 0.717) is 0 Å². The van der Waals surface area contributed by atoms with E-state index in [1.165, 1.54) is 36.9 Å². The molecule has 0 amide bonds. The summed E-state index contributed by atoms with van der Waals surface area (Å²) in [6, 6.07) is 7.06. The van der Waals surface area contributed by atoms with Crippen LogP contribution in [0.4, 0.5) is 5.69 Å². The predicted octanol–water partition coefficient (Wildman–Crippen LogP) is 2.51. The lowest BCUT2D eigenvalue weighted by Crippen LogP contribution is -2.36. The molecule has 20 heavy (non-hydrogen) atoms. The fourth-order valence-electron chi connectivity index (χ4n) is 3.42. The molecule has 0 unspecified atom stereocenters. The molecular weight excluding hydrogens is 248 g/mol.